The summed E-state index contributed by atoms with van der Waals surface area (Å²) in [6, 6.07) is 1.69. The average Bonchev–Trinajstić information content (AvgIpc) is 2.70. The molecule has 0 aliphatic heterocycles. The lowest BCUT2D eigenvalue weighted by atomic mass is 10.2. The predicted molar refractivity (Wildman–Crippen MR) is 53.1 cm³/mol. The summed E-state index contributed by atoms with van der Waals surface area (Å²) in [6.07, 6.45) is 7.16. The van der Waals surface area contributed by atoms with Gasteiger partial charge in [0.15, 0.2) is 0 Å². The van der Waals surface area contributed by atoms with E-state index < -0.39 is 6.09 Å². The highest BCUT2D eigenvalue weighted by molar-refractivity contribution is 5.68. The molecule has 0 atom stereocenters. The molecule has 1 rings (SSSR count). The minimum atomic E-state index is -0.397. The van der Waals surface area contributed by atoms with Crippen LogP contribution in [0.4, 0.5) is 4.79 Å². The fourth-order valence-corrected chi connectivity index (χ4v) is 1.13. The van der Waals surface area contributed by atoms with Crippen LogP contribution in [0.5, 0.6) is 0 Å². The second-order valence-corrected chi connectivity index (χ2v) is 3.13. The van der Waals surface area contributed by atoms with E-state index in [2.05, 4.69) is 12.0 Å². The Morgan fingerprint density at radius 3 is 2.93 bits per heavy atom. The van der Waals surface area contributed by atoms with Crippen molar-refractivity contribution in [2.75, 3.05) is 6.61 Å². The Bertz CT molecular complexity index is 257. The van der Waals surface area contributed by atoms with Crippen LogP contribution in [0.25, 0.3) is 0 Å². The van der Waals surface area contributed by atoms with Crippen molar-refractivity contribution < 1.29 is 9.53 Å². The van der Waals surface area contributed by atoms with Gasteiger partial charge in [-0.05, 0) is 12.5 Å². The molecule has 0 aromatic carbocycles. The first kappa shape index (κ1) is 10.8. The quantitative estimate of drug-likeness (QED) is 0.679. The van der Waals surface area contributed by atoms with E-state index >= 15 is 0 Å². The highest BCUT2D eigenvalue weighted by Gasteiger charge is 2.03. The Morgan fingerprint density at radius 1 is 1.43 bits per heavy atom. The van der Waals surface area contributed by atoms with Crippen molar-refractivity contribution in [1.82, 2.24) is 9.78 Å². The number of aromatic nitrogens is 2. The smallest absolute Gasteiger partial charge is 0.434 e. The molecule has 1 aromatic heterocycles. The van der Waals surface area contributed by atoms with E-state index in [9.17, 15) is 4.79 Å². The van der Waals surface area contributed by atoms with E-state index in [0.717, 1.165) is 12.8 Å². The Morgan fingerprint density at radius 2 is 2.29 bits per heavy atom. The van der Waals surface area contributed by atoms with Crippen molar-refractivity contribution >= 4 is 6.09 Å². The lowest BCUT2D eigenvalue weighted by Crippen LogP contribution is -2.14. The van der Waals surface area contributed by atoms with Gasteiger partial charge >= 0.3 is 6.09 Å². The van der Waals surface area contributed by atoms with Crippen LogP contribution < -0.4 is 0 Å². The lowest BCUT2D eigenvalue weighted by molar-refractivity contribution is 0.142. The van der Waals surface area contributed by atoms with Crippen LogP contribution >= 0.6 is 0 Å². The largest absolute Gasteiger partial charge is 0.448 e. The Labute approximate surface area is 83.9 Å². The highest BCUT2D eigenvalue weighted by atomic mass is 16.6. The van der Waals surface area contributed by atoms with Gasteiger partial charge in [-0.25, -0.2) is 4.79 Å². The summed E-state index contributed by atoms with van der Waals surface area (Å²) >= 11 is 0. The van der Waals surface area contributed by atoms with Gasteiger partial charge in [-0.3, -0.25) is 0 Å². The van der Waals surface area contributed by atoms with E-state index in [-0.39, 0.29) is 0 Å². The summed E-state index contributed by atoms with van der Waals surface area (Å²) in [6.45, 7) is 2.63. The molecule has 0 bridgehead atoms. The van der Waals surface area contributed by atoms with Crippen molar-refractivity contribution in [2.45, 2.75) is 32.6 Å². The number of nitrogens with zero attached hydrogens (tertiary/aromatic N) is 2. The highest BCUT2D eigenvalue weighted by Crippen LogP contribution is 1.99. The van der Waals surface area contributed by atoms with Gasteiger partial charge in [0.1, 0.15) is 0 Å². The summed E-state index contributed by atoms with van der Waals surface area (Å²) < 4.78 is 6.19. The zero-order chi connectivity index (χ0) is 10.2. The molecule has 14 heavy (non-hydrogen) atoms. The minimum absolute atomic E-state index is 0.397. The molecule has 0 amide bonds. The molecule has 0 saturated heterocycles. The van der Waals surface area contributed by atoms with Crippen molar-refractivity contribution in [1.29, 1.82) is 0 Å². The van der Waals surface area contributed by atoms with Crippen molar-refractivity contribution in [2.24, 2.45) is 0 Å². The van der Waals surface area contributed by atoms with Crippen LogP contribution in [0, 0.1) is 0 Å². The zero-order valence-electron chi connectivity index (χ0n) is 8.48. The number of rotatable bonds is 5. The number of hydrogen-bond acceptors (Lipinski definition) is 3. The fourth-order valence-electron chi connectivity index (χ4n) is 1.13. The Kier molecular flexibility index (Phi) is 4.75. The molecule has 1 heterocycles. The third-order valence-electron chi connectivity index (χ3n) is 1.91. The first-order valence-corrected chi connectivity index (χ1v) is 5.01. The number of hydrogen-bond donors (Lipinski definition) is 0. The van der Waals surface area contributed by atoms with Crippen LogP contribution in [0.15, 0.2) is 18.5 Å². The van der Waals surface area contributed by atoms with Gasteiger partial charge in [0.2, 0.25) is 0 Å². The zero-order valence-corrected chi connectivity index (χ0v) is 8.48. The minimum Gasteiger partial charge on any atom is -0.448 e. The van der Waals surface area contributed by atoms with E-state index in [4.69, 9.17) is 4.74 Å². The molecular formula is C10H16N2O2. The molecule has 0 spiro atoms. The molecule has 0 aliphatic carbocycles. The first-order chi connectivity index (χ1) is 6.84. The molecule has 78 valence electrons. The standard InChI is InChI=1S/C10H16N2O2/c1-2-3-4-5-9-14-10(13)12-8-6-7-11-12/h6-8H,2-5,9H2,1H3. The summed E-state index contributed by atoms with van der Waals surface area (Å²) in [5.74, 6) is 0. The number of unbranched alkanes of at least 4 members (excludes halogenated alkanes) is 3. The molecule has 1 aromatic rings. The third-order valence-corrected chi connectivity index (χ3v) is 1.91. The molecular weight excluding hydrogens is 180 g/mol. The SMILES string of the molecule is CCCCCCOC(=O)n1cccn1. The van der Waals surface area contributed by atoms with Crippen LogP contribution in [-0.2, 0) is 4.74 Å². The monoisotopic (exact) mass is 196 g/mol. The second kappa shape index (κ2) is 6.18. The maximum absolute atomic E-state index is 11.2. The van der Waals surface area contributed by atoms with Crippen LogP contribution in [0.3, 0.4) is 0 Å². The maximum atomic E-state index is 11.2. The normalized spacial score (nSPS) is 10.1. The molecule has 4 nitrogen and oxygen atoms in total. The maximum Gasteiger partial charge on any atom is 0.434 e. The topological polar surface area (TPSA) is 44.1 Å². The van der Waals surface area contributed by atoms with Gasteiger partial charge in [-0.15, -0.1) is 0 Å². The second-order valence-electron chi connectivity index (χ2n) is 3.13. The average molecular weight is 196 g/mol. The summed E-state index contributed by atoms with van der Waals surface area (Å²) in [4.78, 5) is 11.2. The van der Waals surface area contributed by atoms with Gasteiger partial charge < -0.3 is 4.74 Å². The molecule has 0 N–H and O–H groups in total. The van der Waals surface area contributed by atoms with Gasteiger partial charge in [0.25, 0.3) is 0 Å². The van der Waals surface area contributed by atoms with E-state index in [1.807, 2.05) is 0 Å². The van der Waals surface area contributed by atoms with Crippen molar-refractivity contribution in [3.63, 3.8) is 0 Å². The molecule has 0 aliphatic rings. The molecule has 0 saturated carbocycles. The van der Waals surface area contributed by atoms with E-state index in [0.29, 0.717) is 6.61 Å². The summed E-state index contributed by atoms with van der Waals surface area (Å²) in [7, 11) is 0. The lowest BCUT2D eigenvalue weighted by Gasteiger charge is -2.03. The van der Waals surface area contributed by atoms with Crippen LogP contribution in [0.2, 0.25) is 0 Å². The first-order valence-electron chi connectivity index (χ1n) is 5.01. The number of carbonyl (C=O) groups excluding carboxylic acids is 1. The van der Waals surface area contributed by atoms with Crippen molar-refractivity contribution in [3.05, 3.63) is 18.5 Å². The summed E-state index contributed by atoms with van der Waals surface area (Å²) in [5.41, 5.74) is 0. The Balaban J connectivity index is 2.10. The van der Waals surface area contributed by atoms with Crippen LogP contribution in [-0.4, -0.2) is 22.5 Å². The van der Waals surface area contributed by atoms with E-state index in [1.165, 1.54) is 17.5 Å². The fraction of sp³-hybridized carbons (Fsp3) is 0.600. The number of ether oxygens (including phenoxy) is 1. The molecule has 0 unspecified atom stereocenters. The van der Waals surface area contributed by atoms with Crippen LogP contribution in [0.1, 0.15) is 32.6 Å². The van der Waals surface area contributed by atoms with Crippen molar-refractivity contribution in [3.8, 4) is 0 Å². The van der Waals surface area contributed by atoms with Gasteiger partial charge in [0.05, 0.1) is 6.61 Å². The predicted octanol–water partition coefficient (Wildman–Crippen LogP) is 2.45. The van der Waals surface area contributed by atoms with Gasteiger partial charge in [-0.2, -0.15) is 9.78 Å². The molecule has 0 radical (unpaired) electrons. The van der Waals surface area contributed by atoms with Gasteiger partial charge in [0, 0.05) is 12.4 Å². The third kappa shape index (κ3) is 3.60. The number of carbonyl (C=O) groups is 1. The molecule has 0 fully saturated rings. The molecule has 4 heteroatoms. The van der Waals surface area contributed by atoms with E-state index in [1.54, 1.807) is 18.5 Å². The summed E-state index contributed by atoms with van der Waals surface area (Å²) in [5, 5.41) is 3.77. The van der Waals surface area contributed by atoms with Gasteiger partial charge in [-0.1, -0.05) is 26.2 Å². The Hall–Kier alpha value is -1.32.